The summed E-state index contributed by atoms with van der Waals surface area (Å²) in [5.41, 5.74) is -2.10. The number of rotatable bonds is 4. The van der Waals surface area contributed by atoms with Crippen LogP contribution in [-0.2, 0) is 14.8 Å². The van der Waals surface area contributed by atoms with Crippen LogP contribution in [0.4, 0.5) is 0 Å². The summed E-state index contributed by atoms with van der Waals surface area (Å²) in [5, 5.41) is 16.2. The van der Waals surface area contributed by atoms with Gasteiger partial charge < -0.3 is 5.11 Å². The molecule has 1 aromatic rings. The van der Waals surface area contributed by atoms with Gasteiger partial charge in [0.1, 0.15) is 0 Å². The van der Waals surface area contributed by atoms with Crippen molar-refractivity contribution in [3.8, 4) is 0 Å². The molecule has 1 aromatic carbocycles. The number of aliphatic carboxylic acids is 1. The first-order valence-electron chi connectivity index (χ1n) is 4.98. The summed E-state index contributed by atoms with van der Waals surface area (Å²) < 4.78 is 26.1. The lowest BCUT2D eigenvalue weighted by atomic mass is 10.2. The minimum atomic E-state index is -4.06. The quantitative estimate of drug-likeness (QED) is 0.875. The van der Waals surface area contributed by atoms with E-state index in [1.165, 1.54) is 24.3 Å². The highest BCUT2D eigenvalue weighted by molar-refractivity contribution is 7.89. The Labute approximate surface area is 113 Å². The Kier molecular flexibility index (Phi) is 3.40. The number of nitrogens with zero attached hydrogens (tertiary/aromatic N) is 2. The average Bonchev–Trinajstić information content (AvgIpc) is 2.78. The molecule has 100 valence electrons. The maximum atomic E-state index is 12.1. The van der Waals surface area contributed by atoms with E-state index >= 15 is 0 Å². The van der Waals surface area contributed by atoms with Crippen molar-refractivity contribution in [3.05, 3.63) is 41.6 Å². The van der Waals surface area contributed by atoms with Crippen molar-refractivity contribution in [1.82, 2.24) is 4.72 Å². The van der Waals surface area contributed by atoms with Gasteiger partial charge in [0.15, 0.2) is 0 Å². The molecule has 2 rings (SSSR count). The lowest BCUT2D eigenvalue weighted by Gasteiger charge is -2.18. The van der Waals surface area contributed by atoms with Crippen LogP contribution in [0.2, 0.25) is 5.02 Å². The van der Waals surface area contributed by atoms with Gasteiger partial charge in [-0.25, -0.2) is 13.2 Å². The number of azo groups is 1. The normalized spacial score (nSPS) is 21.7. The Balaban J connectivity index is 2.36. The second-order valence-electron chi connectivity index (χ2n) is 3.66. The smallest absolute Gasteiger partial charge is 0.353 e. The molecule has 7 nitrogen and oxygen atoms in total. The predicted molar refractivity (Wildman–Crippen MR) is 66.1 cm³/mol. The fourth-order valence-electron chi connectivity index (χ4n) is 1.39. The van der Waals surface area contributed by atoms with Gasteiger partial charge in [-0.3, -0.25) is 0 Å². The summed E-state index contributed by atoms with van der Waals surface area (Å²) in [4.78, 5) is 11.0. The summed E-state index contributed by atoms with van der Waals surface area (Å²) >= 11 is 5.66. The van der Waals surface area contributed by atoms with Gasteiger partial charge in [-0.05, 0) is 30.3 Å². The van der Waals surface area contributed by atoms with E-state index in [9.17, 15) is 13.2 Å². The molecule has 0 saturated heterocycles. The molecule has 9 heteroatoms. The Bertz CT molecular complexity index is 655. The van der Waals surface area contributed by atoms with Crippen molar-refractivity contribution in [1.29, 1.82) is 0 Å². The number of carbonyl (C=O) groups is 1. The summed E-state index contributed by atoms with van der Waals surface area (Å²) in [7, 11) is -4.06. The van der Waals surface area contributed by atoms with E-state index < -0.39 is 21.7 Å². The maximum Gasteiger partial charge on any atom is 0.353 e. The number of benzene rings is 1. The monoisotopic (exact) mass is 301 g/mol. The van der Waals surface area contributed by atoms with Crippen molar-refractivity contribution in [2.75, 3.05) is 0 Å². The molecule has 19 heavy (non-hydrogen) atoms. The van der Waals surface area contributed by atoms with Crippen LogP contribution in [-0.4, -0.2) is 25.2 Å². The van der Waals surface area contributed by atoms with Gasteiger partial charge in [-0.1, -0.05) is 11.6 Å². The first-order valence-corrected chi connectivity index (χ1v) is 6.84. The topological polar surface area (TPSA) is 108 Å². The zero-order valence-electron chi connectivity index (χ0n) is 9.32. The molecule has 1 unspecified atom stereocenters. The SMILES string of the molecule is O=C(O)C1(NS(=O)(=O)c2ccc(Cl)cc2)C=CN=N1. The molecule has 2 N–H and O–H groups in total. The van der Waals surface area contributed by atoms with E-state index in [2.05, 4.69) is 10.2 Å². The minimum absolute atomic E-state index is 0.118. The van der Waals surface area contributed by atoms with Gasteiger partial charge in [0.2, 0.25) is 10.0 Å². The highest BCUT2D eigenvalue weighted by Gasteiger charge is 2.42. The Hall–Kier alpha value is -1.77. The van der Waals surface area contributed by atoms with E-state index in [0.717, 1.165) is 12.3 Å². The van der Waals surface area contributed by atoms with E-state index in [1.807, 2.05) is 4.72 Å². The van der Waals surface area contributed by atoms with Crippen molar-refractivity contribution in [3.63, 3.8) is 0 Å². The lowest BCUT2D eigenvalue weighted by Crippen LogP contribution is -2.50. The average molecular weight is 302 g/mol. The largest absolute Gasteiger partial charge is 0.478 e. The van der Waals surface area contributed by atoms with Crippen LogP contribution in [0.15, 0.2) is 51.7 Å². The van der Waals surface area contributed by atoms with Crippen molar-refractivity contribution in [2.24, 2.45) is 10.2 Å². The van der Waals surface area contributed by atoms with Crippen LogP contribution in [0.1, 0.15) is 0 Å². The van der Waals surface area contributed by atoms with E-state index in [-0.39, 0.29) is 4.90 Å². The summed E-state index contributed by atoms with van der Waals surface area (Å²) in [6.45, 7) is 0. The molecule has 0 aromatic heterocycles. The number of nitrogens with one attached hydrogen (secondary N) is 1. The van der Waals surface area contributed by atoms with Crippen LogP contribution in [0.25, 0.3) is 0 Å². The number of sulfonamides is 1. The van der Waals surface area contributed by atoms with Gasteiger partial charge in [-0.2, -0.15) is 9.84 Å². The zero-order chi connectivity index (χ0) is 14.1. The molecule has 1 atom stereocenters. The molecule has 1 heterocycles. The molecule has 1 aliphatic heterocycles. The second-order valence-corrected chi connectivity index (χ2v) is 5.78. The highest BCUT2D eigenvalue weighted by Crippen LogP contribution is 2.21. The fourth-order valence-corrected chi connectivity index (χ4v) is 2.73. The Morgan fingerprint density at radius 3 is 2.42 bits per heavy atom. The van der Waals surface area contributed by atoms with Gasteiger partial charge in [0.25, 0.3) is 5.66 Å². The van der Waals surface area contributed by atoms with Crippen LogP contribution in [0.3, 0.4) is 0 Å². The first-order chi connectivity index (χ1) is 8.86. The van der Waals surface area contributed by atoms with E-state index in [4.69, 9.17) is 16.7 Å². The second kappa shape index (κ2) is 4.72. The molecular weight excluding hydrogens is 294 g/mol. The van der Waals surface area contributed by atoms with Gasteiger partial charge in [-0.15, -0.1) is 5.11 Å². The molecule has 0 radical (unpaired) electrons. The molecule has 0 spiro atoms. The third-order valence-electron chi connectivity index (χ3n) is 2.34. The van der Waals surface area contributed by atoms with Gasteiger partial charge >= 0.3 is 5.97 Å². The van der Waals surface area contributed by atoms with E-state index in [0.29, 0.717) is 5.02 Å². The third kappa shape index (κ3) is 2.65. The zero-order valence-corrected chi connectivity index (χ0v) is 10.9. The van der Waals surface area contributed by atoms with Gasteiger partial charge in [0.05, 0.1) is 4.90 Å². The van der Waals surface area contributed by atoms with Crippen molar-refractivity contribution in [2.45, 2.75) is 10.6 Å². The number of halogens is 1. The fraction of sp³-hybridized carbons (Fsp3) is 0.100. The number of carboxylic acids is 1. The number of carboxylic acid groups (broad SMARTS) is 1. The molecule has 0 aliphatic carbocycles. The molecule has 0 bridgehead atoms. The van der Waals surface area contributed by atoms with E-state index in [1.54, 1.807) is 0 Å². The molecule has 0 amide bonds. The van der Waals surface area contributed by atoms with Crippen LogP contribution in [0, 0.1) is 0 Å². The number of hydrogen-bond donors (Lipinski definition) is 2. The van der Waals surface area contributed by atoms with Crippen LogP contribution >= 0.6 is 11.6 Å². The Morgan fingerprint density at radius 1 is 1.32 bits per heavy atom. The number of hydrogen-bond acceptors (Lipinski definition) is 5. The standard InChI is InChI=1S/C10H8ClN3O4S/c11-7-1-3-8(4-2-7)19(17,18)14-10(9(15)16)5-6-12-13-10/h1-6,14H,(H,15,16). The molecule has 0 saturated carbocycles. The maximum absolute atomic E-state index is 12.1. The van der Waals surface area contributed by atoms with Crippen LogP contribution < -0.4 is 4.72 Å². The van der Waals surface area contributed by atoms with Crippen molar-refractivity contribution >= 4 is 27.6 Å². The molecular formula is C10H8ClN3O4S. The van der Waals surface area contributed by atoms with Crippen LogP contribution in [0.5, 0.6) is 0 Å². The highest BCUT2D eigenvalue weighted by atomic mass is 35.5. The summed E-state index contributed by atoms with van der Waals surface area (Å²) in [6, 6.07) is 5.29. The summed E-state index contributed by atoms with van der Waals surface area (Å²) in [6.07, 6.45) is 2.15. The Morgan fingerprint density at radius 2 is 1.95 bits per heavy atom. The van der Waals surface area contributed by atoms with Gasteiger partial charge in [0, 0.05) is 11.2 Å². The minimum Gasteiger partial charge on any atom is -0.478 e. The first kappa shape index (κ1) is 13.7. The third-order valence-corrected chi connectivity index (χ3v) is 4.06. The van der Waals surface area contributed by atoms with Crippen molar-refractivity contribution < 1.29 is 18.3 Å². The lowest BCUT2D eigenvalue weighted by molar-refractivity contribution is -0.141. The molecule has 0 fully saturated rings. The summed E-state index contributed by atoms with van der Waals surface area (Å²) in [5.74, 6) is -1.47. The molecule has 1 aliphatic rings. The predicted octanol–water partition coefficient (Wildman–Crippen LogP) is 1.38.